The maximum atomic E-state index is 11.8. The fourth-order valence-corrected chi connectivity index (χ4v) is 1.58. The summed E-state index contributed by atoms with van der Waals surface area (Å²) in [4.78, 5) is 13.6. The van der Waals surface area contributed by atoms with Crippen LogP contribution in [0.2, 0.25) is 0 Å². The standard InChI is InChI=1S/C10H20N2O2/c1-3-8(2)10(14)12-5-4-11-6-9(13)7-12/h8-9,11,13H,3-7H2,1-2H3. The Labute approximate surface area is 85.3 Å². The molecule has 2 unspecified atom stereocenters. The zero-order valence-electron chi connectivity index (χ0n) is 8.99. The van der Waals surface area contributed by atoms with Crippen LogP contribution in [0, 0.1) is 5.92 Å². The van der Waals surface area contributed by atoms with Crippen molar-refractivity contribution in [3.8, 4) is 0 Å². The van der Waals surface area contributed by atoms with Crippen LogP contribution in [0.4, 0.5) is 0 Å². The Balaban J connectivity index is 2.52. The molecule has 1 fully saturated rings. The highest BCUT2D eigenvalue weighted by molar-refractivity contribution is 5.78. The molecule has 2 atom stereocenters. The van der Waals surface area contributed by atoms with E-state index >= 15 is 0 Å². The Morgan fingerprint density at radius 3 is 3.07 bits per heavy atom. The number of nitrogens with zero attached hydrogens (tertiary/aromatic N) is 1. The Morgan fingerprint density at radius 2 is 2.43 bits per heavy atom. The number of aliphatic hydroxyl groups excluding tert-OH is 1. The molecule has 1 amide bonds. The van der Waals surface area contributed by atoms with Gasteiger partial charge in [-0.05, 0) is 6.42 Å². The second-order valence-electron chi connectivity index (χ2n) is 3.95. The van der Waals surface area contributed by atoms with Crippen LogP contribution >= 0.6 is 0 Å². The third-order valence-corrected chi connectivity index (χ3v) is 2.72. The Morgan fingerprint density at radius 1 is 1.71 bits per heavy atom. The first kappa shape index (κ1) is 11.5. The highest BCUT2D eigenvalue weighted by Gasteiger charge is 2.23. The lowest BCUT2D eigenvalue weighted by molar-refractivity contribution is -0.135. The molecule has 0 aromatic rings. The highest BCUT2D eigenvalue weighted by Crippen LogP contribution is 2.08. The molecule has 0 aliphatic carbocycles. The van der Waals surface area contributed by atoms with Gasteiger partial charge < -0.3 is 15.3 Å². The largest absolute Gasteiger partial charge is 0.390 e. The van der Waals surface area contributed by atoms with Gasteiger partial charge in [0.15, 0.2) is 0 Å². The molecule has 14 heavy (non-hydrogen) atoms. The zero-order valence-corrected chi connectivity index (χ0v) is 8.99. The molecular weight excluding hydrogens is 180 g/mol. The average Bonchev–Trinajstić information content (AvgIpc) is 2.40. The van der Waals surface area contributed by atoms with Crippen LogP contribution in [0.5, 0.6) is 0 Å². The van der Waals surface area contributed by atoms with Crippen LogP contribution in [-0.2, 0) is 4.79 Å². The summed E-state index contributed by atoms with van der Waals surface area (Å²) in [7, 11) is 0. The monoisotopic (exact) mass is 200 g/mol. The topological polar surface area (TPSA) is 52.6 Å². The first-order valence-corrected chi connectivity index (χ1v) is 5.32. The van der Waals surface area contributed by atoms with Gasteiger partial charge in [0.1, 0.15) is 0 Å². The van der Waals surface area contributed by atoms with Gasteiger partial charge in [-0.1, -0.05) is 13.8 Å². The molecule has 1 aliphatic heterocycles. The quantitative estimate of drug-likeness (QED) is 0.650. The second kappa shape index (κ2) is 5.32. The van der Waals surface area contributed by atoms with Crippen molar-refractivity contribution in [2.45, 2.75) is 26.4 Å². The molecule has 82 valence electrons. The lowest BCUT2D eigenvalue weighted by Crippen LogP contribution is -2.40. The molecule has 0 aromatic heterocycles. The predicted octanol–water partition coefficient (Wildman–Crippen LogP) is -0.175. The molecule has 4 nitrogen and oxygen atoms in total. The normalized spacial score (nSPS) is 25.6. The number of hydrogen-bond acceptors (Lipinski definition) is 3. The van der Waals surface area contributed by atoms with E-state index < -0.39 is 6.10 Å². The first-order chi connectivity index (χ1) is 6.65. The Bertz CT molecular complexity index is 197. The van der Waals surface area contributed by atoms with E-state index in [-0.39, 0.29) is 11.8 Å². The Hall–Kier alpha value is -0.610. The van der Waals surface area contributed by atoms with Crippen LogP contribution in [0.25, 0.3) is 0 Å². The average molecular weight is 200 g/mol. The summed E-state index contributed by atoms with van der Waals surface area (Å²) >= 11 is 0. The van der Waals surface area contributed by atoms with Crippen molar-refractivity contribution in [2.24, 2.45) is 5.92 Å². The minimum absolute atomic E-state index is 0.0697. The molecule has 1 heterocycles. The summed E-state index contributed by atoms with van der Waals surface area (Å²) < 4.78 is 0. The number of β-amino-alcohol motifs (C(OH)–C–C–N with tert-alkyl or cyclic N) is 1. The van der Waals surface area contributed by atoms with E-state index in [1.807, 2.05) is 13.8 Å². The summed E-state index contributed by atoms with van der Waals surface area (Å²) in [6.07, 6.45) is 0.435. The molecule has 0 aromatic carbocycles. The van der Waals surface area contributed by atoms with Gasteiger partial charge in [-0.15, -0.1) is 0 Å². The van der Waals surface area contributed by atoms with E-state index in [0.29, 0.717) is 19.6 Å². The molecule has 0 bridgehead atoms. The highest BCUT2D eigenvalue weighted by atomic mass is 16.3. The molecule has 0 radical (unpaired) electrons. The maximum Gasteiger partial charge on any atom is 0.225 e. The molecule has 2 N–H and O–H groups in total. The number of carbonyl (C=O) groups excluding carboxylic acids is 1. The SMILES string of the molecule is CCC(C)C(=O)N1CCNCC(O)C1. The van der Waals surface area contributed by atoms with Crippen molar-refractivity contribution in [2.75, 3.05) is 26.2 Å². The van der Waals surface area contributed by atoms with Gasteiger partial charge in [0, 0.05) is 32.1 Å². The number of hydrogen-bond donors (Lipinski definition) is 2. The molecule has 1 saturated heterocycles. The van der Waals surface area contributed by atoms with E-state index in [1.54, 1.807) is 4.90 Å². The van der Waals surface area contributed by atoms with E-state index in [1.165, 1.54) is 0 Å². The number of rotatable bonds is 2. The summed E-state index contributed by atoms with van der Waals surface area (Å²) in [5.41, 5.74) is 0. The van der Waals surface area contributed by atoms with Gasteiger partial charge in [-0.25, -0.2) is 0 Å². The maximum absolute atomic E-state index is 11.8. The van der Waals surface area contributed by atoms with Crippen molar-refractivity contribution in [3.63, 3.8) is 0 Å². The summed E-state index contributed by atoms with van der Waals surface area (Å²) in [6.45, 7) is 6.49. The molecule has 4 heteroatoms. The van der Waals surface area contributed by atoms with Crippen LogP contribution in [-0.4, -0.2) is 48.2 Å². The van der Waals surface area contributed by atoms with Crippen molar-refractivity contribution in [1.29, 1.82) is 0 Å². The molecule has 1 aliphatic rings. The predicted molar refractivity (Wildman–Crippen MR) is 54.9 cm³/mol. The smallest absolute Gasteiger partial charge is 0.225 e. The lowest BCUT2D eigenvalue weighted by Gasteiger charge is -2.24. The van der Waals surface area contributed by atoms with Gasteiger partial charge in [0.25, 0.3) is 0 Å². The van der Waals surface area contributed by atoms with Gasteiger partial charge in [-0.2, -0.15) is 0 Å². The Kier molecular flexibility index (Phi) is 4.35. The van der Waals surface area contributed by atoms with Crippen molar-refractivity contribution >= 4 is 5.91 Å². The number of aliphatic hydroxyl groups is 1. The molecular formula is C10H20N2O2. The van der Waals surface area contributed by atoms with E-state index in [0.717, 1.165) is 13.0 Å². The second-order valence-corrected chi connectivity index (χ2v) is 3.95. The van der Waals surface area contributed by atoms with Gasteiger partial charge in [0.2, 0.25) is 5.91 Å². The van der Waals surface area contributed by atoms with Crippen molar-refractivity contribution in [3.05, 3.63) is 0 Å². The fourth-order valence-electron chi connectivity index (χ4n) is 1.58. The number of carbonyl (C=O) groups is 1. The van der Waals surface area contributed by atoms with E-state index in [2.05, 4.69) is 5.32 Å². The lowest BCUT2D eigenvalue weighted by atomic mass is 10.1. The molecule has 1 rings (SSSR count). The van der Waals surface area contributed by atoms with E-state index in [9.17, 15) is 9.90 Å². The van der Waals surface area contributed by atoms with Crippen molar-refractivity contribution in [1.82, 2.24) is 10.2 Å². The summed E-state index contributed by atoms with van der Waals surface area (Å²) in [5, 5.41) is 12.6. The number of nitrogens with one attached hydrogen (secondary N) is 1. The minimum atomic E-state index is -0.425. The molecule has 0 spiro atoms. The first-order valence-electron chi connectivity index (χ1n) is 5.32. The van der Waals surface area contributed by atoms with Crippen LogP contribution in [0.1, 0.15) is 20.3 Å². The van der Waals surface area contributed by atoms with Crippen LogP contribution < -0.4 is 5.32 Å². The van der Waals surface area contributed by atoms with E-state index in [4.69, 9.17) is 0 Å². The van der Waals surface area contributed by atoms with Gasteiger partial charge in [-0.3, -0.25) is 4.79 Å². The third kappa shape index (κ3) is 2.96. The van der Waals surface area contributed by atoms with Gasteiger partial charge >= 0.3 is 0 Å². The summed E-state index contributed by atoms with van der Waals surface area (Å²) in [6, 6.07) is 0. The minimum Gasteiger partial charge on any atom is -0.390 e. The van der Waals surface area contributed by atoms with Crippen LogP contribution in [0.3, 0.4) is 0 Å². The number of amides is 1. The third-order valence-electron chi connectivity index (χ3n) is 2.72. The van der Waals surface area contributed by atoms with Crippen LogP contribution in [0.15, 0.2) is 0 Å². The van der Waals surface area contributed by atoms with Crippen molar-refractivity contribution < 1.29 is 9.90 Å². The fraction of sp³-hybridized carbons (Fsp3) is 0.900. The summed E-state index contributed by atoms with van der Waals surface area (Å²) in [5.74, 6) is 0.232. The zero-order chi connectivity index (χ0) is 10.6. The van der Waals surface area contributed by atoms with Gasteiger partial charge in [0.05, 0.1) is 6.10 Å². The molecule has 0 saturated carbocycles.